The maximum Gasteiger partial charge on any atom is 0.317 e. The van der Waals surface area contributed by atoms with Gasteiger partial charge in [0, 0.05) is 25.7 Å². The number of nitrogens with one attached hydrogen (secondary N) is 1. The van der Waals surface area contributed by atoms with Crippen molar-refractivity contribution in [3.8, 4) is 0 Å². The molecule has 2 rings (SSSR count). The summed E-state index contributed by atoms with van der Waals surface area (Å²) in [7, 11) is 0. The third-order valence-electron chi connectivity index (χ3n) is 3.02. The van der Waals surface area contributed by atoms with E-state index in [0.717, 1.165) is 26.1 Å². The Morgan fingerprint density at radius 2 is 2.18 bits per heavy atom. The second-order valence-corrected chi connectivity index (χ2v) is 4.47. The molecule has 1 saturated heterocycles. The maximum absolute atomic E-state index is 10.7. The Kier molecular flexibility index (Phi) is 4.12. The van der Waals surface area contributed by atoms with Crippen molar-refractivity contribution in [3.63, 3.8) is 0 Å². The molecule has 0 aromatic heterocycles. The van der Waals surface area contributed by atoms with Crippen LogP contribution in [0.15, 0.2) is 30.3 Å². The Balaban J connectivity index is 1.87. The molecule has 1 aliphatic rings. The number of carbonyl (C=O) groups is 1. The average Bonchev–Trinajstić information content (AvgIpc) is 2.30. The van der Waals surface area contributed by atoms with Gasteiger partial charge >= 0.3 is 5.97 Å². The van der Waals surface area contributed by atoms with Crippen LogP contribution in [0.4, 0.5) is 0 Å². The summed E-state index contributed by atoms with van der Waals surface area (Å²) in [6.45, 7) is 2.64. The Morgan fingerprint density at radius 3 is 2.88 bits per heavy atom. The highest BCUT2D eigenvalue weighted by Crippen LogP contribution is 2.07. The zero-order valence-corrected chi connectivity index (χ0v) is 9.80. The van der Waals surface area contributed by atoms with Gasteiger partial charge < -0.3 is 10.4 Å². The van der Waals surface area contributed by atoms with E-state index in [0.29, 0.717) is 6.04 Å². The molecule has 0 aliphatic carbocycles. The van der Waals surface area contributed by atoms with Crippen molar-refractivity contribution < 1.29 is 9.90 Å². The van der Waals surface area contributed by atoms with Gasteiger partial charge in [0.2, 0.25) is 0 Å². The molecule has 1 aliphatic heterocycles. The quantitative estimate of drug-likeness (QED) is 0.800. The van der Waals surface area contributed by atoms with Crippen molar-refractivity contribution in [2.75, 3.05) is 26.2 Å². The number of carboxylic acids is 1. The van der Waals surface area contributed by atoms with Crippen molar-refractivity contribution in [2.24, 2.45) is 0 Å². The first-order valence-corrected chi connectivity index (χ1v) is 5.95. The van der Waals surface area contributed by atoms with E-state index >= 15 is 0 Å². The molecule has 1 heterocycles. The van der Waals surface area contributed by atoms with Crippen molar-refractivity contribution in [1.29, 1.82) is 0 Å². The minimum Gasteiger partial charge on any atom is -0.480 e. The summed E-state index contributed by atoms with van der Waals surface area (Å²) in [5, 5.41) is 12.2. The van der Waals surface area contributed by atoms with Gasteiger partial charge in [-0.05, 0) is 12.0 Å². The summed E-state index contributed by atoms with van der Waals surface area (Å²) in [5.74, 6) is -0.745. The molecule has 4 nitrogen and oxygen atoms in total. The van der Waals surface area contributed by atoms with Gasteiger partial charge in [-0.25, -0.2) is 0 Å². The zero-order chi connectivity index (χ0) is 12.1. The maximum atomic E-state index is 10.7. The van der Waals surface area contributed by atoms with Gasteiger partial charge in [0.05, 0.1) is 6.54 Å². The van der Waals surface area contributed by atoms with Gasteiger partial charge in [0.15, 0.2) is 0 Å². The monoisotopic (exact) mass is 234 g/mol. The van der Waals surface area contributed by atoms with Crippen LogP contribution < -0.4 is 5.32 Å². The molecule has 0 spiro atoms. The van der Waals surface area contributed by atoms with Gasteiger partial charge in [-0.3, -0.25) is 9.69 Å². The molecule has 2 N–H and O–H groups in total. The minimum absolute atomic E-state index is 0.146. The Hall–Kier alpha value is -1.39. The van der Waals surface area contributed by atoms with E-state index in [2.05, 4.69) is 17.4 Å². The molecule has 0 bridgehead atoms. The van der Waals surface area contributed by atoms with Gasteiger partial charge in [0.1, 0.15) is 0 Å². The molecular formula is C13H18N2O2. The summed E-state index contributed by atoms with van der Waals surface area (Å²) in [5.41, 5.74) is 1.29. The van der Waals surface area contributed by atoms with Crippen molar-refractivity contribution in [2.45, 2.75) is 12.5 Å². The van der Waals surface area contributed by atoms with Crippen LogP contribution in [0, 0.1) is 0 Å². The van der Waals surface area contributed by atoms with Crippen molar-refractivity contribution in [1.82, 2.24) is 10.2 Å². The molecule has 0 saturated carbocycles. The highest BCUT2D eigenvalue weighted by Gasteiger charge is 2.20. The SMILES string of the molecule is O=C(O)CN1CCN[C@H](Cc2ccccc2)C1. The normalized spacial score (nSPS) is 21.3. The lowest BCUT2D eigenvalue weighted by Gasteiger charge is -2.32. The second kappa shape index (κ2) is 5.80. The highest BCUT2D eigenvalue weighted by atomic mass is 16.4. The number of hydrogen-bond acceptors (Lipinski definition) is 3. The Labute approximate surface area is 101 Å². The molecule has 4 heteroatoms. The van der Waals surface area contributed by atoms with E-state index in [1.807, 2.05) is 23.1 Å². The van der Waals surface area contributed by atoms with E-state index in [9.17, 15) is 4.79 Å². The molecule has 92 valence electrons. The molecule has 1 aromatic rings. The molecule has 0 unspecified atom stereocenters. The second-order valence-electron chi connectivity index (χ2n) is 4.47. The predicted molar refractivity (Wildman–Crippen MR) is 66.0 cm³/mol. The van der Waals surface area contributed by atoms with Gasteiger partial charge in [-0.2, -0.15) is 0 Å². The van der Waals surface area contributed by atoms with Gasteiger partial charge in [-0.1, -0.05) is 30.3 Å². The fourth-order valence-electron chi connectivity index (χ4n) is 2.26. The summed E-state index contributed by atoms with van der Waals surface area (Å²) in [6.07, 6.45) is 0.955. The van der Waals surface area contributed by atoms with Crippen molar-refractivity contribution >= 4 is 5.97 Å². The first kappa shape index (κ1) is 12.1. The van der Waals surface area contributed by atoms with Crippen LogP contribution in [0.2, 0.25) is 0 Å². The van der Waals surface area contributed by atoms with Crippen LogP contribution in [0.1, 0.15) is 5.56 Å². The van der Waals surface area contributed by atoms with Crippen LogP contribution in [-0.2, 0) is 11.2 Å². The first-order chi connectivity index (χ1) is 8.24. The molecule has 1 aromatic carbocycles. The lowest BCUT2D eigenvalue weighted by atomic mass is 10.0. The smallest absolute Gasteiger partial charge is 0.317 e. The highest BCUT2D eigenvalue weighted by molar-refractivity contribution is 5.69. The number of benzene rings is 1. The molecular weight excluding hydrogens is 216 g/mol. The van der Waals surface area contributed by atoms with Crippen LogP contribution in [-0.4, -0.2) is 48.2 Å². The van der Waals surface area contributed by atoms with Crippen molar-refractivity contribution in [3.05, 3.63) is 35.9 Å². The van der Waals surface area contributed by atoms with E-state index in [4.69, 9.17) is 5.11 Å². The fourth-order valence-corrected chi connectivity index (χ4v) is 2.26. The molecule has 1 atom stereocenters. The third kappa shape index (κ3) is 3.84. The third-order valence-corrected chi connectivity index (χ3v) is 3.02. The number of hydrogen-bond donors (Lipinski definition) is 2. The fraction of sp³-hybridized carbons (Fsp3) is 0.462. The molecule has 17 heavy (non-hydrogen) atoms. The standard InChI is InChI=1S/C13H18N2O2/c16-13(17)10-15-7-6-14-12(9-15)8-11-4-2-1-3-5-11/h1-5,12,14H,6-10H2,(H,16,17)/t12-/m1/s1. The van der Waals surface area contributed by atoms with Gasteiger partial charge in [0.25, 0.3) is 0 Å². The lowest BCUT2D eigenvalue weighted by molar-refractivity contribution is -0.138. The number of rotatable bonds is 4. The van der Waals surface area contributed by atoms with Crippen LogP contribution in [0.25, 0.3) is 0 Å². The number of piperazine rings is 1. The molecule has 1 fully saturated rings. The van der Waals surface area contributed by atoms with E-state index in [1.54, 1.807) is 0 Å². The van der Waals surface area contributed by atoms with Crippen LogP contribution >= 0.6 is 0 Å². The first-order valence-electron chi connectivity index (χ1n) is 5.95. The van der Waals surface area contributed by atoms with E-state index in [1.165, 1.54) is 5.56 Å². The number of carboxylic acid groups (broad SMARTS) is 1. The number of nitrogens with zero attached hydrogens (tertiary/aromatic N) is 1. The minimum atomic E-state index is -0.745. The summed E-state index contributed by atoms with van der Waals surface area (Å²) >= 11 is 0. The topological polar surface area (TPSA) is 52.6 Å². The Morgan fingerprint density at radius 1 is 1.41 bits per heavy atom. The lowest BCUT2D eigenvalue weighted by Crippen LogP contribution is -2.52. The number of aliphatic carboxylic acids is 1. The van der Waals surface area contributed by atoms with E-state index < -0.39 is 5.97 Å². The largest absolute Gasteiger partial charge is 0.480 e. The van der Waals surface area contributed by atoms with Crippen LogP contribution in [0.3, 0.4) is 0 Å². The average molecular weight is 234 g/mol. The summed E-state index contributed by atoms with van der Waals surface area (Å²) < 4.78 is 0. The zero-order valence-electron chi connectivity index (χ0n) is 9.80. The van der Waals surface area contributed by atoms with Crippen LogP contribution in [0.5, 0.6) is 0 Å². The summed E-state index contributed by atoms with van der Waals surface area (Å²) in [4.78, 5) is 12.7. The predicted octanol–water partition coefficient (Wildman–Crippen LogP) is 0.588. The van der Waals surface area contributed by atoms with E-state index in [-0.39, 0.29) is 6.54 Å². The molecule has 0 amide bonds. The summed E-state index contributed by atoms with van der Waals surface area (Å²) in [6, 6.07) is 10.6. The molecule has 0 radical (unpaired) electrons. The Bertz CT molecular complexity index is 367. The van der Waals surface area contributed by atoms with Gasteiger partial charge in [-0.15, -0.1) is 0 Å².